The van der Waals surface area contributed by atoms with Crippen LogP contribution in [-0.2, 0) is 57.2 Å². The summed E-state index contributed by atoms with van der Waals surface area (Å²) in [6.45, 7) is 36.8. The van der Waals surface area contributed by atoms with E-state index in [0.717, 1.165) is 206 Å². The molecule has 127 heavy (non-hydrogen) atoms. The lowest BCUT2D eigenvalue weighted by atomic mass is 9.97. The molecule has 22 heteroatoms. The van der Waals surface area contributed by atoms with Gasteiger partial charge in [0.25, 0.3) is 0 Å². The summed E-state index contributed by atoms with van der Waals surface area (Å²) in [5, 5.41) is 0. The maximum absolute atomic E-state index is 12.6. The maximum Gasteiger partial charge on any atom is 0.333 e. The van der Waals surface area contributed by atoms with Crippen LogP contribution >= 0.6 is 0 Å². The Kier molecular flexibility index (Phi) is 37.9. The average Bonchev–Trinajstić information content (AvgIpc) is 1.56. The smallest absolute Gasteiger partial charge is 0.333 e. The van der Waals surface area contributed by atoms with Gasteiger partial charge < -0.3 is 56.8 Å². The predicted octanol–water partition coefficient (Wildman–Crippen LogP) is 23.7. The van der Waals surface area contributed by atoms with Crippen LogP contribution in [0.5, 0.6) is 34.5 Å². The molecule has 4 aromatic heterocycles. The molecular formula is C105H128N4O18. The number of fused-ring (bicyclic) bond motifs is 4. The molecule has 0 saturated heterocycles. The number of nitrogens with zero attached hydrogens (tertiary/aromatic N) is 4. The topological polar surface area (TPSA) is 248 Å². The summed E-state index contributed by atoms with van der Waals surface area (Å²) >= 11 is 0. The van der Waals surface area contributed by atoms with Gasteiger partial charge in [-0.3, -0.25) is 4.79 Å². The monoisotopic (exact) mass is 1730 g/mol. The fourth-order valence-electron chi connectivity index (χ4n) is 14.5. The molecule has 0 radical (unpaired) electrons. The third-order valence-corrected chi connectivity index (χ3v) is 21.5. The molecule has 6 heterocycles. The van der Waals surface area contributed by atoms with E-state index in [9.17, 15) is 28.8 Å². The summed E-state index contributed by atoms with van der Waals surface area (Å²) in [4.78, 5) is 84.7. The van der Waals surface area contributed by atoms with Crippen molar-refractivity contribution in [2.45, 2.75) is 209 Å². The molecule has 2 aliphatic heterocycles. The number of carbonyl (C=O) groups is 6. The molecule has 0 atom stereocenters. The zero-order chi connectivity index (χ0) is 90.6. The first-order valence-corrected chi connectivity index (χ1v) is 45.2. The Labute approximate surface area is 748 Å². The minimum atomic E-state index is -0.586. The van der Waals surface area contributed by atoms with Gasteiger partial charge in [-0.15, -0.1) is 0 Å². The third-order valence-electron chi connectivity index (χ3n) is 21.5. The van der Waals surface area contributed by atoms with Crippen molar-refractivity contribution in [1.29, 1.82) is 0 Å². The number of hydrogen-bond acceptors (Lipinski definition) is 20. The van der Waals surface area contributed by atoms with Crippen LogP contribution in [0.2, 0.25) is 0 Å². The summed E-state index contributed by atoms with van der Waals surface area (Å²) in [5.41, 5.74) is 14.0. The largest absolute Gasteiger partial charge is 0.494 e. The predicted molar refractivity (Wildman–Crippen MR) is 502 cm³/mol. The summed E-state index contributed by atoms with van der Waals surface area (Å²) < 4.78 is 77.3. The van der Waals surface area contributed by atoms with E-state index in [-0.39, 0.29) is 17.9 Å². The Hall–Kier alpha value is -12.2. The van der Waals surface area contributed by atoms with Crippen molar-refractivity contribution in [3.63, 3.8) is 0 Å². The molecule has 0 spiro atoms. The quantitative estimate of drug-likeness (QED) is 0.0149. The summed E-state index contributed by atoms with van der Waals surface area (Å²) in [7, 11) is 0. The lowest BCUT2D eigenvalue weighted by Crippen LogP contribution is -2.23. The van der Waals surface area contributed by atoms with Crippen LogP contribution in [0, 0.1) is 5.41 Å². The molecule has 0 fully saturated rings. The molecular weight excluding hydrogens is 1610 g/mol. The van der Waals surface area contributed by atoms with Crippen LogP contribution in [0.4, 0.5) is 0 Å². The SMILES string of the molecule is C=C(C)C(=O)OCCCCCCOc1ccc(-c2c3nc(c(-c4ccc(OCCCCCCOC(=O)C(=C)C)c(OCCCCCCOC(=O)C(C)(C)C)c4)c4ccc5c(-c6ccc(OCCCCCCOC(=O)C(=C)C)cc6)c6nc(c(-c7ccc(OCCCCCCOC(=O)C(=C)C)c(OCCCCCCOC(=O)C(=C)C)c7)c7ccc2n7n54)C=C6)C=C3)cc1. The van der Waals surface area contributed by atoms with Crippen LogP contribution in [0.1, 0.15) is 232 Å². The highest BCUT2D eigenvalue weighted by atomic mass is 16.6. The van der Waals surface area contributed by atoms with E-state index in [1.54, 1.807) is 34.6 Å². The van der Waals surface area contributed by atoms with E-state index in [1.165, 1.54) is 0 Å². The normalized spacial score (nSPS) is 11.6. The molecule has 8 aromatic rings. The second-order valence-corrected chi connectivity index (χ2v) is 33.7. The highest BCUT2D eigenvalue weighted by molar-refractivity contribution is 6.03. The highest BCUT2D eigenvalue weighted by Crippen LogP contribution is 2.46. The van der Waals surface area contributed by atoms with Gasteiger partial charge in [0.1, 0.15) is 11.5 Å². The van der Waals surface area contributed by atoms with Gasteiger partial charge in [-0.05, 0) is 329 Å². The van der Waals surface area contributed by atoms with Crippen molar-refractivity contribution in [3.8, 4) is 79.0 Å². The van der Waals surface area contributed by atoms with Gasteiger partial charge in [-0.25, -0.2) is 43.0 Å². The Balaban J connectivity index is 1.13. The van der Waals surface area contributed by atoms with Crippen molar-refractivity contribution < 1.29 is 85.6 Å². The second-order valence-electron chi connectivity index (χ2n) is 33.7. The van der Waals surface area contributed by atoms with E-state index in [2.05, 4.69) is 139 Å². The average molecular weight is 1730 g/mol. The number of aromatic nitrogens is 4. The minimum absolute atomic E-state index is 0.221. The minimum Gasteiger partial charge on any atom is -0.494 e. The van der Waals surface area contributed by atoms with Crippen molar-refractivity contribution in [2.24, 2.45) is 5.41 Å². The van der Waals surface area contributed by atoms with Gasteiger partial charge in [0, 0.05) is 50.1 Å². The van der Waals surface area contributed by atoms with Gasteiger partial charge in [-0.2, -0.15) is 0 Å². The number of benzene rings is 4. The zero-order valence-corrected chi connectivity index (χ0v) is 75.8. The Morgan fingerprint density at radius 3 is 0.740 bits per heavy atom. The van der Waals surface area contributed by atoms with Gasteiger partial charge >= 0.3 is 35.8 Å². The number of carbonyl (C=O) groups excluding carboxylic acids is 6. The Bertz CT molecular complexity index is 5190. The van der Waals surface area contributed by atoms with Gasteiger partial charge in [0.05, 0.1) is 130 Å². The molecule has 0 unspecified atom stereocenters. The fourth-order valence-corrected chi connectivity index (χ4v) is 14.5. The van der Waals surface area contributed by atoms with Crippen LogP contribution in [0.3, 0.4) is 0 Å². The zero-order valence-electron chi connectivity index (χ0n) is 75.8. The molecule has 0 aliphatic carbocycles. The van der Waals surface area contributed by atoms with Gasteiger partial charge in [0.15, 0.2) is 23.0 Å². The van der Waals surface area contributed by atoms with E-state index < -0.39 is 23.3 Å². The van der Waals surface area contributed by atoms with Crippen molar-refractivity contribution in [1.82, 2.24) is 19.0 Å². The summed E-state index contributed by atoms with van der Waals surface area (Å²) in [6, 6.07) is 37.4. The van der Waals surface area contributed by atoms with Crippen molar-refractivity contribution in [2.75, 3.05) is 79.3 Å². The lowest BCUT2D eigenvalue weighted by molar-refractivity contribution is -0.153. The van der Waals surface area contributed by atoms with Crippen LogP contribution < -0.4 is 28.4 Å². The molecule has 4 bridgehead atoms. The first-order chi connectivity index (χ1) is 61.4. The molecule has 676 valence electrons. The number of rotatable bonds is 57. The van der Waals surface area contributed by atoms with Crippen LogP contribution in [0.15, 0.2) is 170 Å². The number of ether oxygens (including phenoxy) is 12. The van der Waals surface area contributed by atoms with E-state index in [4.69, 9.17) is 66.8 Å². The molecule has 0 saturated carbocycles. The molecule has 0 N–H and O–H groups in total. The van der Waals surface area contributed by atoms with Crippen LogP contribution in [0.25, 0.3) is 90.9 Å². The lowest BCUT2D eigenvalue weighted by Gasteiger charge is -2.17. The van der Waals surface area contributed by atoms with Gasteiger partial charge in [-0.1, -0.05) is 69.3 Å². The van der Waals surface area contributed by atoms with E-state index in [1.807, 2.05) is 57.2 Å². The molecule has 0 amide bonds. The Morgan fingerprint density at radius 1 is 0.268 bits per heavy atom. The first-order valence-electron chi connectivity index (χ1n) is 45.2. The summed E-state index contributed by atoms with van der Waals surface area (Å²) in [5.74, 6) is 1.53. The molecule has 2 aliphatic rings. The third kappa shape index (κ3) is 28.9. The maximum atomic E-state index is 12.6. The van der Waals surface area contributed by atoms with Crippen LogP contribution in [-0.4, -0.2) is 134 Å². The molecule has 22 nitrogen and oxygen atoms in total. The number of esters is 6. The van der Waals surface area contributed by atoms with E-state index in [0.29, 0.717) is 179 Å². The second kappa shape index (κ2) is 49.6. The van der Waals surface area contributed by atoms with E-state index >= 15 is 0 Å². The van der Waals surface area contributed by atoms with Crippen molar-refractivity contribution in [3.05, 3.63) is 193 Å². The first kappa shape index (κ1) is 97.0. The molecule has 10 rings (SSSR count). The standard InChI is InChI=1S/C105H128N4O18/c1-72(2)99(110)122-64-32-20-14-26-58-116-81-44-38-77(39-45-81)95-83-48-50-85(106-83)97(79-42-56-91(118-60-28-16-22-34-66-124-101(112)74(5)6)93(70-79)120-62-30-18-24-36-68-126-103(114)76(9)10)89-54-52-87-96(78-40-46-82(47-41-78)117-59-27-15-21-33-65-123-100(111)73(3)4)84-49-51-86(107-84)98(90-55-53-88(95)109(90)108(87)89)80-43-57-92(119-61-29-17-23-35-67-125-102(113)75(7)8)94(71-80)121-63-31-19-25-37-69-127-104(115)105(11,12)13/h38-57,70-71H,1,3,5,7,9,14-37,58-69H2,2,4,6,8,10-13H3. The Morgan fingerprint density at radius 2 is 0.488 bits per heavy atom. The molecule has 4 aromatic carbocycles. The summed E-state index contributed by atoms with van der Waals surface area (Å²) in [6.07, 6.45) is 27.5. The number of hydrogen-bond donors (Lipinski definition) is 0. The fraction of sp³-hybridized carbons (Fsp3) is 0.429. The van der Waals surface area contributed by atoms with Gasteiger partial charge in [0.2, 0.25) is 0 Å². The van der Waals surface area contributed by atoms with Crippen molar-refractivity contribution >= 4 is 82.2 Å². The number of unbranched alkanes of at least 4 members (excludes halogenated alkanes) is 18. The highest BCUT2D eigenvalue weighted by Gasteiger charge is 2.28.